The van der Waals surface area contributed by atoms with Gasteiger partial charge in [0.1, 0.15) is 5.75 Å². The second kappa shape index (κ2) is 8.77. The normalized spacial score (nSPS) is 10.4. The number of anilines is 2. The summed E-state index contributed by atoms with van der Waals surface area (Å²) in [4.78, 5) is 23.9. The molecule has 0 aliphatic carbocycles. The number of amides is 2. The summed E-state index contributed by atoms with van der Waals surface area (Å²) in [6.07, 6.45) is 1.15. The van der Waals surface area contributed by atoms with E-state index in [-0.39, 0.29) is 17.2 Å². The Morgan fingerprint density at radius 1 is 1.04 bits per heavy atom. The third-order valence-corrected chi connectivity index (χ3v) is 3.20. The van der Waals surface area contributed by atoms with Crippen molar-refractivity contribution < 1.29 is 23.1 Å². The minimum absolute atomic E-state index is 0.0942. The number of carbonyl (C=O) groups is 2. The van der Waals surface area contributed by atoms with E-state index in [1.54, 1.807) is 24.3 Å². The first-order valence-corrected chi connectivity index (χ1v) is 7.74. The van der Waals surface area contributed by atoms with E-state index in [0.717, 1.165) is 6.42 Å². The SMILES string of the molecule is CCCC(=O)Nc1cccc(NC(=O)c2cccc(OC(F)F)c2)c1. The van der Waals surface area contributed by atoms with Gasteiger partial charge in [0.2, 0.25) is 5.91 Å². The highest BCUT2D eigenvalue weighted by Gasteiger charge is 2.10. The number of ether oxygens (including phenoxy) is 1. The topological polar surface area (TPSA) is 67.4 Å². The van der Waals surface area contributed by atoms with Crippen LogP contribution in [0.3, 0.4) is 0 Å². The highest BCUT2D eigenvalue weighted by molar-refractivity contribution is 6.05. The molecule has 2 N–H and O–H groups in total. The van der Waals surface area contributed by atoms with Crippen molar-refractivity contribution in [1.29, 1.82) is 0 Å². The van der Waals surface area contributed by atoms with E-state index in [4.69, 9.17) is 0 Å². The van der Waals surface area contributed by atoms with Crippen molar-refractivity contribution in [3.8, 4) is 5.75 Å². The van der Waals surface area contributed by atoms with Crippen molar-refractivity contribution >= 4 is 23.2 Å². The van der Waals surface area contributed by atoms with Gasteiger partial charge in [-0.1, -0.05) is 19.1 Å². The van der Waals surface area contributed by atoms with Gasteiger partial charge in [-0.15, -0.1) is 0 Å². The van der Waals surface area contributed by atoms with E-state index in [9.17, 15) is 18.4 Å². The Bertz CT molecular complexity index is 751. The monoisotopic (exact) mass is 348 g/mol. The van der Waals surface area contributed by atoms with Crippen LogP contribution in [-0.2, 0) is 4.79 Å². The Kier molecular flexibility index (Phi) is 6.45. The molecule has 2 rings (SSSR count). The van der Waals surface area contributed by atoms with Crippen LogP contribution in [0.2, 0.25) is 0 Å². The lowest BCUT2D eigenvalue weighted by Gasteiger charge is -2.10. The number of benzene rings is 2. The fraction of sp³-hybridized carbons (Fsp3) is 0.222. The smallest absolute Gasteiger partial charge is 0.387 e. The first-order valence-electron chi connectivity index (χ1n) is 7.74. The van der Waals surface area contributed by atoms with E-state index < -0.39 is 12.5 Å². The van der Waals surface area contributed by atoms with Gasteiger partial charge in [0, 0.05) is 23.4 Å². The fourth-order valence-corrected chi connectivity index (χ4v) is 2.14. The molecule has 0 spiro atoms. The van der Waals surface area contributed by atoms with E-state index in [1.807, 2.05) is 6.92 Å². The molecule has 7 heteroatoms. The van der Waals surface area contributed by atoms with Crippen molar-refractivity contribution in [3.63, 3.8) is 0 Å². The third kappa shape index (κ3) is 5.87. The fourth-order valence-electron chi connectivity index (χ4n) is 2.14. The Morgan fingerprint density at radius 2 is 1.72 bits per heavy atom. The molecular weight excluding hydrogens is 330 g/mol. The van der Waals surface area contributed by atoms with Gasteiger partial charge >= 0.3 is 6.61 Å². The van der Waals surface area contributed by atoms with Crippen LogP contribution in [0.15, 0.2) is 48.5 Å². The zero-order valence-corrected chi connectivity index (χ0v) is 13.6. The van der Waals surface area contributed by atoms with E-state index in [0.29, 0.717) is 17.8 Å². The van der Waals surface area contributed by atoms with Crippen LogP contribution >= 0.6 is 0 Å². The molecule has 5 nitrogen and oxygen atoms in total. The van der Waals surface area contributed by atoms with Gasteiger partial charge in [0.25, 0.3) is 5.91 Å². The summed E-state index contributed by atoms with van der Waals surface area (Å²) in [6, 6.07) is 12.2. The van der Waals surface area contributed by atoms with E-state index in [2.05, 4.69) is 15.4 Å². The largest absolute Gasteiger partial charge is 0.435 e. The van der Waals surface area contributed by atoms with Gasteiger partial charge < -0.3 is 15.4 Å². The highest BCUT2D eigenvalue weighted by atomic mass is 19.3. The zero-order chi connectivity index (χ0) is 18.2. The van der Waals surface area contributed by atoms with Crippen LogP contribution in [0, 0.1) is 0 Å². The maximum absolute atomic E-state index is 12.2. The second-order valence-electron chi connectivity index (χ2n) is 5.24. The van der Waals surface area contributed by atoms with Crippen LogP contribution in [0.25, 0.3) is 0 Å². The summed E-state index contributed by atoms with van der Waals surface area (Å²) in [5.41, 5.74) is 1.21. The van der Waals surface area contributed by atoms with Crippen LogP contribution in [0.4, 0.5) is 20.2 Å². The Balaban J connectivity index is 2.06. The summed E-state index contributed by atoms with van der Waals surface area (Å²) in [6.45, 7) is -1.05. The van der Waals surface area contributed by atoms with Crippen LogP contribution in [-0.4, -0.2) is 18.4 Å². The minimum atomic E-state index is -2.96. The molecule has 2 aromatic carbocycles. The predicted molar refractivity (Wildman–Crippen MR) is 91.0 cm³/mol. The first-order chi connectivity index (χ1) is 12.0. The molecule has 0 saturated heterocycles. The summed E-state index contributed by atoms with van der Waals surface area (Å²) >= 11 is 0. The Morgan fingerprint density at radius 3 is 2.40 bits per heavy atom. The van der Waals surface area contributed by atoms with Crippen LogP contribution in [0.1, 0.15) is 30.1 Å². The standard InChI is InChI=1S/C18H18F2N2O3/c1-2-5-16(23)21-13-7-4-8-14(11-13)22-17(24)12-6-3-9-15(10-12)25-18(19)20/h3-4,6-11,18H,2,5H2,1H3,(H,21,23)(H,22,24). The van der Waals surface area contributed by atoms with Gasteiger partial charge in [-0.05, 0) is 42.8 Å². The molecule has 25 heavy (non-hydrogen) atoms. The molecular formula is C18H18F2N2O3. The average molecular weight is 348 g/mol. The molecule has 0 heterocycles. The summed E-state index contributed by atoms with van der Waals surface area (Å²) in [7, 11) is 0. The number of carbonyl (C=O) groups excluding carboxylic acids is 2. The molecule has 0 aliphatic rings. The highest BCUT2D eigenvalue weighted by Crippen LogP contribution is 2.19. The second-order valence-corrected chi connectivity index (χ2v) is 5.24. The molecule has 2 amide bonds. The minimum Gasteiger partial charge on any atom is -0.435 e. The van der Waals surface area contributed by atoms with Crippen molar-refractivity contribution in [2.24, 2.45) is 0 Å². The first kappa shape index (κ1) is 18.4. The van der Waals surface area contributed by atoms with Gasteiger partial charge in [0.05, 0.1) is 0 Å². The Labute approximate surface area is 144 Å². The lowest BCUT2D eigenvalue weighted by Crippen LogP contribution is -2.14. The van der Waals surface area contributed by atoms with Crippen molar-refractivity contribution in [3.05, 3.63) is 54.1 Å². The number of rotatable bonds is 7. The zero-order valence-electron chi connectivity index (χ0n) is 13.6. The molecule has 0 aromatic heterocycles. The van der Waals surface area contributed by atoms with Crippen LogP contribution < -0.4 is 15.4 Å². The molecule has 2 aromatic rings. The quantitative estimate of drug-likeness (QED) is 0.785. The maximum Gasteiger partial charge on any atom is 0.387 e. The van der Waals surface area contributed by atoms with Gasteiger partial charge in [-0.3, -0.25) is 9.59 Å². The molecule has 0 atom stereocenters. The Hall–Kier alpha value is -2.96. The van der Waals surface area contributed by atoms with Crippen molar-refractivity contribution in [2.75, 3.05) is 10.6 Å². The number of hydrogen-bond donors (Lipinski definition) is 2. The summed E-state index contributed by atoms with van der Waals surface area (Å²) in [5.74, 6) is -0.678. The number of alkyl halides is 2. The molecule has 132 valence electrons. The summed E-state index contributed by atoms with van der Waals surface area (Å²) in [5, 5.41) is 5.38. The van der Waals surface area contributed by atoms with E-state index >= 15 is 0 Å². The van der Waals surface area contributed by atoms with Crippen molar-refractivity contribution in [1.82, 2.24) is 0 Å². The molecule has 0 radical (unpaired) electrons. The summed E-state index contributed by atoms with van der Waals surface area (Å²) < 4.78 is 28.8. The average Bonchev–Trinajstić information content (AvgIpc) is 2.55. The van der Waals surface area contributed by atoms with Crippen molar-refractivity contribution in [2.45, 2.75) is 26.4 Å². The van der Waals surface area contributed by atoms with Gasteiger partial charge in [0.15, 0.2) is 0 Å². The van der Waals surface area contributed by atoms with Crippen LogP contribution in [0.5, 0.6) is 5.75 Å². The molecule has 0 bridgehead atoms. The third-order valence-electron chi connectivity index (χ3n) is 3.20. The lowest BCUT2D eigenvalue weighted by molar-refractivity contribution is -0.116. The van der Waals surface area contributed by atoms with E-state index in [1.165, 1.54) is 24.3 Å². The number of halogens is 2. The molecule has 0 saturated carbocycles. The lowest BCUT2D eigenvalue weighted by atomic mass is 10.2. The number of nitrogens with one attached hydrogen (secondary N) is 2. The van der Waals surface area contributed by atoms with Gasteiger partial charge in [-0.2, -0.15) is 8.78 Å². The maximum atomic E-state index is 12.2. The molecule has 0 fully saturated rings. The predicted octanol–water partition coefficient (Wildman–Crippen LogP) is 4.28. The van der Waals surface area contributed by atoms with Gasteiger partial charge in [-0.25, -0.2) is 0 Å². The molecule has 0 aliphatic heterocycles. The molecule has 0 unspecified atom stereocenters. The number of hydrogen-bond acceptors (Lipinski definition) is 3.